The predicted molar refractivity (Wildman–Crippen MR) is 88.7 cm³/mol. The average molecular weight is 329 g/mol. The van der Waals surface area contributed by atoms with Crippen molar-refractivity contribution in [2.75, 3.05) is 12.4 Å². The van der Waals surface area contributed by atoms with E-state index in [1.807, 2.05) is 6.07 Å². The third kappa shape index (κ3) is 5.06. The molecule has 2 aromatic rings. The van der Waals surface area contributed by atoms with E-state index in [1.54, 1.807) is 42.7 Å². The monoisotopic (exact) mass is 329 g/mol. The molecule has 0 spiro atoms. The summed E-state index contributed by atoms with van der Waals surface area (Å²) in [6.07, 6.45) is 3.08. The fourth-order valence-electron chi connectivity index (χ4n) is 2.13. The summed E-state index contributed by atoms with van der Waals surface area (Å²) in [6.45, 7) is 0.312. The van der Waals surface area contributed by atoms with Crippen LogP contribution in [0.15, 0.2) is 48.8 Å². The van der Waals surface area contributed by atoms with Crippen molar-refractivity contribution in [2.45, 2.75) is 19.0 Å². The van der Waals surface area contributed by atoms with E-state index in [1.165, 1.54) is 7.11 Å². The summed E-state index contributed by atoms with van der Waals surface area (Å²) < 4.78 is 5.15. The molecule has 0 aliphatic carbocycles. The lowest BCUT2D eigenvalue weighted by Crippen LogP contribution is -2.39. The van der Waals surface area contributed by atoms with Gasteiger partial charge in [0.2, 0.25) is 5.91 Å². The van der Waals surface area contributed by atoms with Crippen LogP contribution < -0.4 is 15.4 Å². The van der Waals surface area contributed by atoms with Crippen molar-refractivity contribution in [3.8, 4) is 5.75 Å². The largest absolute Gasteiger partial charge is 0.495 e. The van der Waals surface area contributed by atoms with Crippen molar-refractivity contribution in [1.29, 1.82) is 0 Å². The molecule has 1 heterocycles. The Bertz CT molecular complexity index is 691. The summed E-state index contributed by atoms with van der Waals surface area (Å²) in [4.78, 5) is 27.4. The van der Waals surface area contributed by atoms with Gasteiger partial charge in [-0.15, -0.1) is 0 Å². The van der Waals surface area contributed by atoms with Gasteiger partial charge in [-0.1, -0.05) is 18.2 Å². The molecule has 1 amide bonds. The smallest absolute Gasteiger partial charge is 0.321 e. The number of anilines is 1. The fourth-order valence-corrected chi connectivity index (χ4v) is 2.13. The Labute approximate surface area is 139 Å². The van der Waals surface area contributed by atoms with E-state index < -0.39 is 17.9 Å². The predicted octanol–water partition coefficient (Wildman–Crippen LogP) is 1.66. The Morgan fingerprint density at radius 1 is 1.25 bits per heavy atom. The molecular formula is C17H19N3O4. The lowest BCUT2D eigenvalue weighted by Gasteiger charge is -2.15. The van der Waals surface area contributed by atoms with Crippen LogP contribution >= 0.6 is 0 Å². The number of hydrogen-bond acceptors (Lipinski definition) is 5. The Morgan fingerprint density at radius 2 is 2.04 bits per heavy atom. The summed E-state index contributed by atoms with van der Waals surface area (Å²) in [5.41, 5.74) is 1.34. The first kappa shape index (κ1) is 17.4. The van der Waals surface area contributed by atoms with Gasteiger partial charge in [-0.3, -0.25) is 19.9 Å². The molecule has 1 aromatic heterocycles. The number of hydrogen-bond donors (Lipinski definition) is 3. The first-order valence-corrected chi connectivity index (χ1v) is 7.38. The molecular weight excluding hydrogens is 310 g/mol. The SMILES string of the molecule is COc1ccccc1NC(=O)C[C@H](NCc1cccnc1)C(=O)O. The molecule has 0 bridgehead atoms. The summed E-state index contributed by atoms with van der Waals surface area (Å²) in [7, 11) is 1.50. The number of carboxylic acids is 1. The number of benzene rings is 1. The van der Waals surface area contributed by atoms with E-state index in [2.05, 4.69) is 15.6 Å². The minimum Gasteiger partial charge on any atom is -0.495 e. The Morgan fingerprint density at radius 3 is 2.71 bits per heavy atom. The lowest BCUT2D eigenvalue weighted by molar-refractivity contribution is -0.141. The Balaban J connectivity index is 1.94. The number of nitrogens with zero attached hydrogens (tertiary/aromatic N) is 1. The third-order valence-electron chi connectivity index (χ3n) is 3.34. The van der Waals surface area contributed by atoms with Crippen LogP contribution in [-0.4, -0.2) is 35.1 Å². The van der Waals surface area contributed by atoms with Gasteiger partial charge < -0.3 is 15.2 Å². The summed E-state index contributed by atoms with van der Waals surface area (Å²) in [5, 5.41) is 14.8. The van der Waals surface area contributed by atoms with E-state index in [0.29, 0.717) is 18.0 Å². The number of carboxylic acid groups (broad SMARTS) is 1. The molecule has 0 aliphatic heterocycles. The van der Waals surface area contributed by atoms with Crippen molar-refractivity contribution < 1.29 is 19.4 Å². The molecule has 0 saturated carbocycles. The average Bonchev–Trinajstić information content (AvgIpc) is 2.59. The van der Waals surface area contributed by atoms with Crippen molar-refractivity contribution in [3.05, 3.63) is 54.4 Å². The molecule has 1 aromatic carbocycles. The van der Waals surface area contributed by atoms with Crippen LogP contribution in [-0.2, 0) is 16.1 Å². The number of methoxy groups -OCH3 is 1. The number of aliphatic carboxylic acids is 1. The second kappa shape index (κ2) is 8.64. The van der Waals surface area contributed by atoms with Crippen LogP contribution in [0.1, 0.15) is 12.0 Å². The second-order valence-electron chi connectivity index (χ2n) is 5.09. The van der Waals surface area contributed by atoms with Gasteiger partial charge in [-0.25, -0.2) is 0 Å². The van der Waals surface area contributed by atoms with Crippen LogP contribution in [0.2, 0.25) is 0 Å². The maximum Gasteiger partial charge on any atom is 0.321 e. The number of carbonyl (C=O) groups is 2. The van der Waals surface area contributed by atoms with Crippen molar-refractivity contribution in [1.82, 2.24) is 10.3 Å². The van der Waals surface area contributed by atoms with Crippen molar-refractivity contribution >= 4 is 17.6 Å². The van der Waals surface area contributed by atoms with Gasteiger partial charge in [-0.2, -0.15) is 0 Å². The molecule has 0 saturated heterocycles. The number of amides is 1. The van der Waals surface area contributed by atoms with E-state index in [9.17, 15) is 14.7 Å². The molecule has 0 aliphatic rings. The van der Waals surface area contributed by atoms with E-state index >= 15 is 0 Å². The highest BCUT2D eigenvalue weighted by molar-refractivity contribution is 5.95. The van der Waals surface area contributed by atoms with Gasteiger partial charge in [0.15, 0.2) is 0 Å². The maximum absolute atomic E-state index is 12.1. The highest BCUT2D eigenvalue weighted by Crippen LogP contribution is 2.23. The first-order chi connectivity index (χ1) is 11.6. The van der Waals surface area contributed by atoms with Crippen molar-refractivity contribution in [2.24, 2.45) is 0 Å². The highest BCUT2D eigenvalue weighted by atomic mass is 16.5. The van der Waals surface area contributed by atoms with E-state index in [4.69, 9.17) is 4.74 Å². The normalized spacial score (nSPS) is 11.5. The van der Waals surface area contributed by atoms with E-state index in [0.717, 1.165) is 5.56 Å². The standard InChI is InChI=1S/C17H19N3O4/c1-24-15-7-3-2-6-13(15)20-16(21)9-14(17(22)23)19-11-12-5-4-8-18-10-12/h2-8,10,14,19H,9,11H2,1H3,(H,20,21)(H,22,23)/t14-/m0/s1. The topological polar surface area (TPSA) is 101 Å². The highest BCUT2D eigenvalue weighted by Gasteiger charge is 2.21. The maximum atomic E-state index is 12.1. The number of rotatable bonds is 8. The van der Waals surface area contributed by atoms with Crippen molar-refractivity contribution in [3.63, 3.8) is 0 Å². The van der Waals surface area contributed by atoms with Crippen LogP contribution in [0.25, 0.3) is 0 Å². The molecule has 0 fully saturated rings. The molecule has 126 valence electrons. The molecule has 24 heavy (non-hydrogen) atoms. The number of aromatic nitrogens is 1. The molecule has 0 radical (unpaired) electrons. The fraction of sp³-hybridized carbons (Fsp3) is 0.235. The number of nitrogens with one attached hydrogen (secondary N) is 2. The minimum absolute atomic E-state index is 0.201. The third-order valence-corrected chi connectivity index (χ3v) is 3.34. The number of pyridine rings is 1. The molecule has 7 heteroatoms. The zero-order chi connectivity index (χ0) is 17.4. The summed E-state index contributed by atoms with van der Waals surface area (Å²) in [6, 6.07) is 9.53. The molecule has 0 unspecified atom stereocenters. The van der Waals surface area contributed by atoms with Gasteiger partial charge in [0.25, 0.3) is 0 Å². The zero-order valence-electron chi connectivity index (χ0n) is 13.2. The van der Waals surface area contributed by atoms with Gasteiger partial charge in [0.1, 0.15) is 11.8 Å². The Kier molecular flexibility index (Phi) is 6.27. The first-order valence-electron chi connectivity index (χ1n) is 7.38. The number of carbonyl (C=O) groups excluding carboxylic acids is 1. The second-order valence-corrected chi connectivity index (χ2v) is 5.09. The number of para-hydroxylation sites is 2. The van der Waals surface area contributed by atoms with Gasteiger partial charge >= 0.3 is 5.97 Å². The molecule has 2 rings (SSSR count). The van der Waals surface area contributed by atoms with Gasteiger partial charge in [0.05, 0.1) is 19.2 Å². The molecule has 7 nitrogen and oxygen atoms in total. The number of ether oxygens (including phenoxy) is 1. The molecule has 3 N–H and O–H groups in total. The zero-order valence-corrected chi connectivity index (χ0v) is 13.2. The summed E-state index contributed by atoms with van der Waals surface area (Å²) >= 11 is 0. The quantitative estimate of drug-likeness (QED) is 0.681. The van der Waals surface area contributed by atoms with Gasteiger partial charge in [0, 0.05) is 18.9 Å². The lowest BCUT2D eigenvalue weighted by atomic mass is 10.1. The van der Waals surface area contributed by atoms with Crippen LogP contribution in [0, 0.1) is 0 Å². The van der Waals surface area contributed by atoms with Crippen LogP contribution in [0.4, 0.5) is 5.69 Å². The summed E-state index contributed by atoms with van der Waals surface area (Å²) in [5.74, 6) is -0.985. The Hall–Kier alpha value is -2.93. The van der Waals surface area contributed by atoms with E-state index in [-0.39, 0.29) is 6.42 Å². The van der Waals surface area contributed by atoms with Crippen LogP contribution in [0.3, 0.4) is 0 Å². The molecule has 1 atom stereocenters. The van der Waals surface area contributed by atoms with Crippen LogP contribution in [0.5, 0.6) is 5.75 Å². The van der Waals surface area contributed by atoms with Gasteiger partial charge in [-0.05, 0) is 23.8 Å². The minimum atomic E-state index is -1.09.